The van der Waals surface area contributed by atoms with Gasteiger partial charge in [0, 0.05) is 16.0 Å². The molecule has 1 N–H and O–H groups in total. The highest BCUT2D eigenvalue weighted by atomic mass is 79.9. The molecule has 0 bridgehead atoms. The van der Waals surface area contributed by atoms with Gasteiger partial charge in [-0.05, 0) is 40.2 Å². The molecule has 1 aromatic carbocycles. The summed E-state index contributed by atoms with van der Waals surface area (Å²) in [7, 11) is 0. The largest absolute Gasteiger partial charge is 0.444 e. The Hall–Kier alpha value is -1.57. The average Bonchev–Trinajstić information content (AvgIpc) is 3.15. The lowest BCUT2D eigenvalue weighted by molar-refractivity contribution is 0.0995. The van der Waals surface area contributed by atoms with Gasteiger partial charge in [0.15, 0.2) is 15.6 Å². The number of carbonyl (C=O) groups excluding carboxylic acids is 1. The average molecular weight is 395 g/mol. The number of benzene rings is 1. The van der Waals surface area contributed by atoms with E-state index in [0.717, 1.165) is 11.4 Å². The standard InChI is InChI=1S/C15H11BrN2O2S2/c16-13-7-6-12(20-13)14(19)18-15-17-10(9-22-15)8-21-11-4-2-1-3-5-11/h1-7,9H,8H2,(H,17,18,19). The highest BCUT2D eigenvalue weighted by Crippen LogP contribution is 2.25. The number of halogens is 1. The fourth-order valence-electron chi connectivity index (χ4n) is 1.70. The number of hydrogen-bond donors (Lipinski definition) is 1. The Morgan fingerprint density at radius 1 is 1.27 bits per heavy atom. The first-order valence-corrected chi connectivity index (χ1v) is 9.05. The summed E-state index contributed by atoms with van der Waals surface area (Å²) < 4.78 is 5.73. The molecule has 0 radical (unpaired) electrons. The second-order valence-corrected chi connectivity index (χ2v) is 6.99. The molecule has 4 nitrogen and oxygen atoms in total. The molecule has 2 aromatic heterocycles. The summed E-state index contributed by atoms with van der Waals surface area (Å²) in [5, 5.41) is 5.25. The zero-order valence-corrected chi connectivity index (χ0v) is 14.5. The molecule has 0 saturated heterocycles. The van der Waals surface area contributed by atoms with E-state index in [9.17, 15) is 4.79 Å². The predicted octanol–water partition coefficient (Wildman–Crippen LogP) is 5.04. The molecule has 0 fully saturated rings. The number of nitrogens with zero attached hydrogens (tertiary/aromatic N) is 1. The number of hydrogen-bond acceptors (Lipinski definition) is 5. The van der Waals surface area contributed by atoms with E-state index in [2.05, 4.69) is 38.4 Å². The smallest absolute Gasteiger partial charge is 0.293 e. The summed E-state index contributed by atoms with van der Waals surface area (Å²) in [6.45, 7) is 0. The highest BCUT2D eigenvalue weighted by molar-refractivity contribution is 9.10. The van der Waals surface area contributed by atoms with E-state index in [4.69, 9.17) is 4.42 Å². The van der Waals surface area contributed by atoms with Crippen molar-refractivity contribution in [1.29, 1.82) is 0 Å². The van der Waals surface area contributed by atoms with E-state index < -0.39 is 0 Å². The first kappa shape index (κ1) is 15.3. The normalized spacial score (nSPS) is 10.6. The third kappa shape index (κ3) is 4.00. The minimum absolute atomic E-state index is 0.252. The Morgan fingerprint density at radius 3 is 2.82 bits per heavy atom. The van der Waals surface area contributed by atoms with Gasteiger partial charge in [-0.2, -0.15) is 0 Å². The van der Waals surface area contributed by atoms with Crippen LogP contribution >= 0.6 is 39.0 Å². The second kappa shape index (κ2) is 7.13. The van der Waals surface area contributed by atoms with Crippen LogP contribution in [-0.4, -0.2) is 10.9 Å². The molecule has 0 aliphatic heterocycles. The van der Waals surface area contributed by atoms with Gasteiger partial charge in [0.2, 0.25) is 0 Å². The van der Waals surface area contributed by atoms with Gasteiger partial charge in [0.25, 0.3) is 5.91 Å². The van der Waals surface area contributed by atoms with E-state index in [0.29, 0.717) is 9.80 Å². The van der Waals surface area contributed by atoms with E-state index in [1.165, 1.54) is 16.2 Å². The van der Waals surface area contributed by atoms with Crippen LogP contribution in [0.15, 0.2) is 61.8 Å². The third-order valence-corrected chi connectivity index (χ3v) is 4.98. The molecular weight excluding hydrogens is 384 g/mol. The molecule has 0 aliphatic carbocycles. The fraction of sp³-hybridized carbons (Fsp3) is 0.0667. The van der Waals surface area contributed by atoms with Crippen molar-refractivity contribution >= 4 is 50.1 Å². The molecule has 22 heavy (non-hydrogen) atoms. The lowest BCUT2D eigenvalue weighted by Crippen LogP contribution is -2.10. The second-order valence-electron chi connectivity index (χ2n) is 4.30. The molecular formula is C15H11BrN2O2S2. The Kier molecular flexibility index (Phi) is 4.97. The molecule has 0 aliphatic rings. The van der Waals surface area contributed by atoms with Gasteiger partial charge in [-0.15, -0.1) is 23.1 Å². The van der Waals surface area contributed by atoms with E-state index in [1.807, 2.05) is 23.6 Å². The van der Waals surface area contributed by atoms with Crippen LogP contribution in [0.5, 0.6) is 0 Å². The van der Waals surface area contributed by atoms with Gasteiger partial charge in [-0.1, -0.05) is 18.2 Å². The highest BCUT2D eigenvalue weighted by Gasteiger charge is 2.12. The lowest BCUT2D eigenvalue weighted by Gasteiger charge is -1.99. The van der Waals surface area contributed by atoms with Gasteiger partial charge < -0.3 is 4.42 Å². The Morgan fingerprint density at radius 2 is 2.09 bits per heavy atom. The van der Waals surface area contributed by atoms with E-state index >= 15 is 0 Å². The van der Waals surface area contributed by atoms with Crippen molar-refractivity contribution in [3.8, 4) is 0 Å². The SMILES string of the molecule is O=C(Nc1nc(CSc2ccccc2)cs1)c1ccc(Br)o1. The van der Waals surface area contributed by atoms with Gasteiger partial charge >= 0.3 is 0 Å². The van der Waals surface area contributed by atoms with Crippen molar-refractivity contribution in [1.82, 2.24) is 4.98 Å². The van der Waals surface area contributed by atoms with Crippen LogP contribution < -0.4 is 5.32 Å². The van der Waals surface area contributed by atoms with Gasteiger partial charge in [0.1, 0.15) is 0 Å². The van der Waals surface area contributed by atoms with Crippen LogP contribution in [0, 0.1) is 0 Å². The van der Waals surface area contributed by atoms with Crippen LogP contribution in [0.4, 0.5) is 5.13 Å². The molecule has 0 atom stereocenters. The monoisotopic (exact) mass is 394 g/mol. The Labute approximate surface area is 144 Å². The number of furan rings is 1. The van der Waals surface area contributed by atoms with Gasteiger partial charge in [-0.25, -0.2) is 4.98 Å². The first-order valence-electron chi connectivity index (χ1n) is 6.39. The molecule has 0 unspecified atom stereocenters. The molecule has 0 spiro atoms. The number of anilines is 1. The van der Waals surface area contributed by atoms with E-state index in [-0.39, 0.29) is 11.7 Å². The van der Waals surface area contributed by atoms with E-state index in [1.54, 1.807) is 23.9 Å². The molecule has 0 saturated carbocycles. The summed E-state index contributed by atoms with van der Waals surface area (Å²) in [5.41, 5.74) is 0.940. The molecule has 3 rings (SSSR count). The van der Waals surface area contributed by atoms with Crippen molar-refractivity contribution in [2.24, 2.45) is 0 Å². The number of rotatable bonds is 5. The van der Waals surface area contributed by atoms with Crippen molar-refractivity contribution < 1.29 is 9.21 Å². The molecule has 2 heterocycles. The van der Waals surface area contributed by atoms with Crippen LogP contribution in [0.25, 0.3) is 0 Å². The molecule has 3 aromatic rings. The van der Waals surface area contributed by atoms with Crippen molar-refractivity contribution in [2.75, 3.05) is 5.32 Å². The number of thioether (sulfide) groups is 1. The van der Waals surface area contributed by atoms with Crippen LogP contribution in [0.3, 0.4) is 0 Å². The summed E-state index contributed by atoms with van der Waals surface area (Å²) in [6, 6.07) is 13.4. The maximum atomic E-state index is 12.0. The van der Waals surface area contributed by atoms with Gasteiger partial charge in [0.05, 0.1) is 5.69 Å². The van der Waals surface area contributed by atoms with Crippen molar-refractivity contribution in [3.05, 3.63) is 64.0 Å². The zero-order chi connectivity index (χ0) is 15.4. The molecule has 112 valence electrons. The summed E-state index contributed by atoms with van der Waals surface area (Å²) in [4.78, 5) is 17.6. The minimum atomic E-state index is -0.303. The number of carbonyl (C=O) groups is 1. The molecule has 1 amide bonds. The first-order chi connectivity index (χ1) is 10.7. The topological polar surface area (TPSA) is 55.1 Å². The van der Waals surface area contributed by atoms with Gasteiger partial charge in [-0.3, -0.25) is 10.1 Å². The zero-order valence-electron chi connectivity index (χ0n) is 11.3. The van der Waals surface area contributed by atoms with Crippen molar-refractivity contribution in [2.45, 2.75) is 10.6 Å². The lowest BCUT2D eigenvalue weighted by atomic mass is 10.4. The van der Waals surface area contributed by atoms with Crippen LogP contribution in [-0.2, 0) is 5.75 Å². The number of nitrogens with one attached hydrogen (secondary N) is 1. The maximum absolute atomic E-state index is 12.0. The van der Waals surface area contributed by atoms with Crippen LogP contribution in [0.1, 0.15) is 16.2 Å². The minimum Gasteiger partial charge on any atom is -0.444 e. The maximum Gasteiger partial charge on any atom is 0.293 e. The third-order valence-electron chi connectivity index (χ3n) is 2.70. The predicted molar refractivity (Wildman–Crippen MR) is 92.5 cm³/mol. The fourth-order valence-corrected chi connectivity index (χ4v) is 3.63. The number of amides is 1. The summed E-state index contributed by atoms with van der Waals surface area (Å²) >= 11 is 6.29. The summed E-state index contributed by atoms with van der Waals surface area (Å²) in [5.74, 6) is 0.715. The summed E-state index contributed by atoms with van der Waals surface area (Å²) in [6.07, 6.45) is 0. The quantitative estimate of drug-likeness (QED) is 0.615. The Bertz CT molecular complexity index is 771. The Balaban J connectivity index is 1.58. The number of thiazole rings is 1. The van der Waals surface area contributed by atoms with Crippen molar-refractivity contribution in [3.63, 3.8) is 0 Å². The number of aromatic nitrogens is 1. The molecule has 7 heteroatoms. The van der Waals surface area contributed by atoms with Crippen LogP contribution in [0.2, 0.25) is 0 Å².